The van der Waals surface area contributed by atoms with Crippen molar-refractivity contribution < 1.29 is 24.2 Å². The molecular weight excluding hydrogens is 386 g/mol. The van der Waals surface area contributed by atoms with Gasteiger partial charge in [-0.25, -0.2) is 5.43 Å². The van der Waals surface area contributed by atoms with Crippen LogP contribution in [0, 0.1) is 0 Å². The van der Waals surface area contributed by atoms with Crippen molar-refractivity contribution in [1.82, 2.24) is 10.7 Å². The van der Waals surface area contributed by atoms with Gasteiger partial charge in [-0.2, -0.15) is 5.10 Å². The number of hydrogen-bond acceptors (Lipinski definition) is 6. The maximum absolute atomic E-state index is 11.4. The van der Waals surface area contributed by atoms with Crippen LogP contribution in [0.5, 0.6) is 5.75 Å². The minimum absolute atomic E-state index is 0.0877. The molecule has 2 amide bonds. The molecule has 2 N–H and O–H groups in total. The van der Waals surface area contributed by atoms with Crippen LogP contribution in [0.4, 0.5) is 0 Å². The summed E-state index contributed by atoms with van der Waals surface area (Å²) >= 11 is 6.17. The van der Waals surface area contributed by atoms with Crippen molar-refractivity contribution in [1.29, 1.82) is 0 Å². The van der Waals surface area contributed by atoms with Crippen molar-refractivity contribution in [2.24, 2.45) is 5.10 Å². The summed E-state index contributed by atoms with van der Waals surface area (Å²) < 4.78 is 5.62. The SMILES string of the molecule is CCNC(=O)C(=O)N/N=C\c1ccc(OCc2ccc(C(=O)[O-])cc2)c(Cl)c1. The molecule has 0 radical (unpaired) electrons. The first-order chi connectivity index (χ1) is 13.4. The van der Waals surface area contributed by atoms with E-state index in [1.165, 1.54) is 18.3 Å². The molecule has 0 fully saturated rings. The molecule has 8 nitrogen and oxygen atoms in total. The number of nitrogens with zero attached hydrogens (tertiary/aromatic N) is 1. The molecule has 0 aliphatic carbocycles. The number of aromatic carboxylic acids is 1. The van der Waals surface area contributed by atoms with Crippen LogP contribution in [-0.2, 0) is 16.2 Å². The minimum Gasteiger partial charge on any atom is -0.545 e. The Hall–Kier alpha value is -3.39. The zero-order valence-electron chi connectivity index (χ0n) is 14.9. The number of carbonyl (C=O) groups excluding carboxylic acids is 3. The lowest BCUT2D eigenvalue weighted by Gasteiger charge is -2.09. The zero-order chi connectivity index (χ0) is 20.5. The van der Waals surface area contributed by atoms with Crippen molar-refractivity contribution in [2.75, 3.05) is 6.54 Å². The normalized spacial score (nSPS) is 10.5. The third-order valence-electron chi connectivity index (χ3n) is 3.46. The van der Waals surface area contributed by atoms with Crippen molar-refractivity contribution in [3.63, 3.8) is 0 Å². The Labute approximate surface area is 166 Å². The Morgan fingerprint density at radius 3 is 2.46 bits per heavy atom. The van der Waals surface area contributed by atoms with Crippen LogP contribution in [0.1, 0.15) is 28.4 Å². The van der Waals surface area contributed by atoms with Crippen LogP contribution in [0.25, 0.3) is 0 Å². The quantitative estimate of drug-likeness (QED) is 0.404. The van der Waals surface area contributed by atoms with E-state index in [1.54, 1.807) is 37.3 Å². The molecule has 0 saturated carbocycles. The average molecular weight is 403 g/mol. The van der Waals surface area contributed by atoms with Gasteiger partial charge in [-0.05, 0) is 41.8 Å². The number of carbonyl (C=O) groups is 3. The monoisotopic (exact) mass is 402 g/mol. The van der Waals surface area contributed by atoms with Gasteiger partial charge in [0.2, 0.25) is 0 Å². The van der Waals surface area contributed by atoms with Gasteiger partial charge in [0.05, 0.1) is 17.2 Å². The van der Waals surface area contributed by atoms with Crippen molar-refractivity contribution >= 4 is 35.6 Å². The largest absolute Gasteiger partial charge is 0.545 e. The lowest BCUT2D eigenvalue weighted by atomic mass is 10.1. The van der Waals surface area contributed by atoms with E-state index in [0.29, 0.717) is 22.9 Å². The topological polar surface area (TPSA) is 120 Å². The standard InChI is InChI=1S/C19H18ClN3O5/c1-2-21-17(24)18(25)23-22-10-13-5-8-16(15(20)9-13)28-11-12-3-6-14(7-4-12)19(26)27/h3-10H,2,11H2,1H3,(H,21,24)(H,23,25)(H,26,27)/p-1/b22-10-. The molecule has 0 spiro atoms. The number of benzene rings is 2. The first-order valence-corrected chi connectivity index (χ1v) is 8.62. The van der Waals surface area contributed by atoms with Gasteiger partial charge >= 0.3 is 11.8 Å². The maximum Gasteiger partial charge on any atom is 0.329 e. The van der Waals surface area contributed by atoms with Crippen LogP contribution >= 0.6 is 11.6 Å². The molecule has 9 heteroatoms. The minimum atomic E-state index is -1.24. The molecular formula is C19H17ClN3O5-. The van der Waals surface area contributed by atoms with Gasteiger partial charge < -0.3 is 20.0 Å². The molecule has 0 aromatic heterocycles. The number of nitrogens with one attached hydrogen (secondary N) is 2. The van der Waals surface area contributed by atoms with Gasteiger partial charge in [-0.3, -0.25) is 9.59 Å². The molecule has 0 atom stereocenters. The third kappa shape index (κ3) is 6.10. The number of hydrogen-bond donors (Lipinski definition) is 2. The van der Waals surface area contributed by atoms with E-state index in [-0.39, 0.29) is 12.2 Å². The predicted octanol–water partition coefficient (Wildman–Crippen LogP) is 0.869. The molecule has 0 aliphatic heterocycles. The third-order valence-corrected chi connectivity index (χ3v) is 3.76. The summed E-state index contributed by atoms with van der Waals surface area (Å²) in [6.45, 7) is 2.24. The van der Waals surface area contributed by atoms with Gasteiger partial charge in [0.25, 0.3) is 0 Å². The van der Waals surface area contributed by atoms with Crippen LogP contribution in [0.2, 0.25) is 5.02 Å². The number of rotatable bonds is 7. The first kappa shape index (κ1) is 20.9. The number of likely N-dealkylation sites (N-methyl/N-ethyl adjacent to an activating group) is 1. The van der Waals surface area contributed by atoms with E-state index in [4.69, 9.17) is 16.3 Å². The Bertz CT molecular complexity index is 897. The molecule has 2 aromatic rings. The highest BCUT2D eigenvalue weighted by Crippen LogP contribution is 2.25. The fourth-order valence-corrected chi connectivity index (χ4v) is 2.31. The van der Waals surface area contributed by atoms with E-state index in [0.717, 1.165) is 5.56 Å². The molecule has 2 rings (SSSR count). The number of amides is 2. The van der Waals surface area contributed by atoms with Gasteiger partial charge in [-0.15, -0.1) is 0 Å². The van der Waals surface area contributed by atoms with Crippen molar-refractivity contribution in [2.45, 2.75) is 13.5 Å². The highest BCUT2D eigenvalue weighted by molar-refractivity contribution is 6.35. The van der Waals surface area contributed by atoms with Gasteiger partial charge in [0.1, 0.15) is 12.4 Å². The number of halogens is 1. The predicted molar refractivity (Wildman–Crippen MR) is 101 cm³/mol. The lowest BCUT2D eigenvalue weighted by molar-refractivity contribution is -0.255. The van der Waals surface area contributed by atoms with E-state index < -0.39 is 17.8 Å². The molecule has 2 aromatic carbocycles. The van der Waals surface area contributed by atoms with Crippen molar-refractivity contribution in [3.05, 3.63) is 64.2 Å². The summed E-state index contributed by atoms with van der Waals surface area (Å²) in [5.74, 6) is -2.45. The van der Waals surface area contributed by atoms with Gasteiger partial charge in [0.15, 0.2) is 0 Å². The van der Waals surface area contributed by atoms with Gasteiger partial charge in [0, 0.05) is 6.54 Å². The maximum atomic E-state index is 11.4. The highest BCUT2D eigenvalue weighted by atomic mass is 35.5. The Kier molecular flexibility index (Phi) is 7.53. The van der Waals surface area contributed by atoms with Gasteiger partial charge in [-0.1, -0.05) is 35.9 Å². The molecule has 0 aliphatic rings. The number of carboxylic acid groups (broad SMARTS) is 1. The number of hydrazone groups is 1. The highest BCUT2D eigenvalue weighted by Gasteiger charge is 2.10. The summed E-state index contributed by atoms with van der Waals surface area (Å²) in [4.78, 5) is 33.4. The van der Waals surface area contributed by atoms with E-state index in [2.05, 4.69) is 15.8 Å². The fraction of sp³-hybridized carbons (Fsp3) is 0.158. The summed E-state index contributed by atoms with van der Waals surface area (Å²) in [5.41, 5.74) is 3.55. The Morgan fingerprint density at radius 1 is 1.14 bits per heavy atom. The van der Waals surface area contributed by atoms with Crippen LogP contribution in [0.15, 0.2) is 47.6 Å². The Balaban J connectivity index is 1.92. The van der Waals surface area contributed by atoms with Crippen LogP contribution < -0.4 is 20.6 Å². The molecule has 0 bridgehead atoms. The second-order valence-electron chi connectivity index (χ2n) is 5.52. The zero-order valence-corrected chi connectivity index (χ0v) is 15.7. The lowest BCUT2D eigenvalue weighted by Crippen LogP contribution is -2.37. The second kappa shape index (κ2) is 10.1. The number of ether oxygens (including phenoxy) is 1. The van der Waals surface area contributed by atoms with Crippen LogP contribution in [0.3, 0.4) is 0 Å². The summed E-state index contributed by atoms with van der Waals surface area (Å²) in [7, 11) is 0. The molecule has 28 heavy (non-hydrogen) atoms. The fourth-order valence-electron chi connectivity index (χ4n) is 2.07. The van der Waals surface area contributed by atoms with Crippen LogP contribution in [-0.4, -0.2) is 30.5 Å². The van der Waals surface area contributed by atoms with E-state index in [9.17, 15) is 19.5 Å². The van der Waals surface area contributed by atoms with E-state index >= 15 is 0 Å². The Morgan fingerprint density at radius 2 is 1.86 bits per heavy atom. The molecule has 0 heterocycles. The summed E-state index contributed by atoms with van der Waals surface area (Å²) in [5, 5.41) is 17.1. The molecule has 0 unspecified atom stereocenters. The number of carboxylic acids is 1. The summed E-state index contributed by atoms with van der Waals surface area (Å²) in [6.07, 6.45) is 1.34. The molecule has 146 valence electrons. The average Bonchev–Trinajstić information content (AvgIpc) is 2.67. The second-order valence-corrected chi connectivity index (χ2v) is 5.93. The summed E-state index contributed by atoms with van der Waals surface area (Å²) in [6, 6.07) is 11.0. The first-order valence-electron chi connectivity index (χ1n) is 8.24. The molecule has 0 saturated heterocycles. The smallest absolute Gasteiger partial charge is 0.329 e. The van der Waals surface area contributed by atoms with E-state index in [1.807, 2.05) is 0 Å². The van der Waals surface area contributed by atoms with Crippen molar-refractivity contribution in [3.8, 4) is 5.75 Å².